The number of methoxy groups -OCH3 is 1. The number of amides is 1. The van der Waals surface area contributed by atoms with Gasteiger partial charge in [-0.1, -0.05) is 19.3 Å². The minimum atomic E-state index is -0.159. The highest BCUT2D eigenvalue weighted by atomic mass is 16.5. The van der Waals surface area contributed by atoms with Crippen LogP contribution in [-0.4, -0.2) is 32.3 Å². The highest BCUT2D eigenvalue weighted by Crippen LogP contribution is 2.20. The van der Waals surface area contributed by atoms with Crippen molar-refractivity contribution in [2.45, 2.75) is 38.2 Å². The van der Waals surface area contributed by atoms with Gasteiger partial charge in [0, 0.05) is 23.9 Å². The fourth-order valence-electron chi connectivity index (χ4n) is 2.60. The molecule has 0 atom stereocenters. The van der Waals surface area contributed by atoms with Crippen LogP contribution in [0.15, 0.2) is 18.2 Å². The Labute approximate surface area is 125 Å². The molecule has 0 aliphatic heterocycles. The number of carbonyl (C=O) groups excluding carboxylic acids is 1. The Hall–Kier alpha value is -1.75. The average molecular weight is 292 g/mol. The molecule has 0 heterocycles. The molecule has 1 saturated carbocycles. The monoisotopic (exact) mass is 292 g/mol. The molecule has 0 radical (unpaired) electrons. The molecule has 21 heavy (non-hydrogen) atoms. The van der Waals surface area contributed by atoms with E-state index in [1.54, 1.807) is 25.3 Å². The molecular weight excluding hydrogens is 268 g/mol. The first-order chi connectivity index (χ1) is 10.2. The first kappa shape index (κ1) is 15.6. The SMILES string of the molecule is COc1cc(N)cc(C(=O)NCCOC2CCCCC2)c1. The van der Waals surface area contributed by atoms with E-state index in [9.17, 15) is 4.79 Å². The topological polar surface area (TPSA) is 73.6 Å². The molecule has 0 aromatic heterocycles. The highest BCUT2D eigenvalue weighted by molar-refractivity contribution is 5.95. The molecule has 116 valence electrons. The molecule has 1 aromatic carbocycles. The maximum absolute atomic E-state index is 12.0. The number of nitrogen functional groups attached to an aromatic ring is 1. The van der Waals surface area contributed by atoms with Gasteiger partial charge in [-0.25, -0.2) is 0 Å². The van der Waals surface area contributed by atoms with Gasteiger partial charge in [0.2, 0.25) is 0 Å². The van der Waals surface area contributed by atoms with Gasteiger partial charge in [0.05, 0.1) is 19.8 Å². The van der Waals surface area contributed by atoms with Crippen LogP contribution < -0.4 is 15.8 Å². The lowest BCUT2D eigenvalue weighted by atomic mass is 9.98. The molecule has 1 aromatic rings. The van der Waals surface area contributed by atoms with Crippen molar-refractivity contribution in [3.63, 3.8) is 0 Å². The average Bonchev–Trinajstić information content (AvgIpc) is 2.51. The minimum absolute atomic E-state index is 0.159. The molecule has 1 aliphatic carbocycles. The Bertz CT molecular complexity index is 471. The minimum Gasteiger partial charge on any atom is -0.497 e. The summed E-state index contributed by atoms with van der Waals surface area (Å²) >= 11 is 0. The van der Waals surface area contributed by atoms with E-state index < -0.39 is 0 Å². The van der Waals surface area contributed by atoms with Gasteiger partial charge >= 0.3 is 0 Å². The molecule has 5 nitrogen and oxygen atoms in total. The molecular formula is C16H24N2O3. The second kappa shape index (κ2) is 7.88. The second-order valence-corrected chi connectivity index (χ2v) is 5.38. The Balaban J connectivity index is 1.75. The summed E-state index contributed by atoms with van der Waals surface area (Å²) in [4.78, 5) is 12.0. The van der Waals surface area contributed by atoms with Crippen LogP contribution in [0.5, 0.6) is 5.75 Å². The van der Waals surface area contributed by atoms with Crippen LogP contribution in [-0.2, 0) is 4.74 Å². The fraction of sp³-hybridized carbons (Fsp3) is 0.562. The predicted molar refractivity (Wildman–Crippen MR) is 82.6 cm³/mol. The molecule has 1 fully saturated rings. The van der Waals surface area contributed by atoms with E-state index in [1.165, 1.54) is 19.3 Å². The van der Waals surface area contributed by atoms with Crippen molar-refractivity contribution >= 4 is 11.6 Å². The first-order valence-electron chi connectivity index (χ1n) is 7.53. The van der Waals surface area contributed by atoms with Crippen molar-refractivity contribution in [3.8, 4) is 5.75 Å². The maximum atomic E-state index is 12.0. The third-order valence-electron chi connectivity index (χ3n) is 3.72. The van der Waals surface area contributed by atoms with Gasteiger partial charge in [-0.15, -0.1) is 0 Å². The van der Waals surface area contributed by atoms with E-state index in [0.29, 0.717) is 36.3 Å². The number of carbonyl (C=O) groups is 1. The molecule has 0 unspecified atom stereocenters. The summed E-state index contributed by atoms with van der Waals surface area (Å²) in [6.07, 6.45) is 6.46. The van der Waals surface area contributed by atoms with E-state index in [1.807, 2.05) is 0 Å². The van der Waals surface area contributed by atoms with Crippen LogP contribution in [0.3, 0.4) is 0 Å². The zero-order chi connectivity index (χ0) is 15.1. The number of anilines is 1. The molecule has 1 aliphatic rings. The number of nitrogens with one attached hydrogen (secondary N) is 1. The summed E-state index contributed by atoms with van der Waals surface area (Å²) in [6, 6.07) is 5.00. The number of hydrogen-bond donors (Lipinski definition) is 2. The third kappa shape index (κ3) is 4.93. The molecule has 3 N–H and O–H groups in total. The molecule has 0 spiro atoms. The van der Waals surface area contributed by atoms with E-state index in [2.05, 4.69) is 5.32 Å². The summed E-state index contributed by atoms with van der Waals surface area (Å²) in [5, 5.41) is 2.84. The van der Waals surface area contributed by atoms with Gasteiger partial charge in [-0.2, -0.15) is 0 Å². The van der Waals surface area contributed by atoms with Gasteiger partial charge < -0.3 is 20.5 Å². The highest BCUT2D eigenvalue weighted by Gasteiger charge is 2.13. The van der Waals surface area contributed by atoms with Crippen LogP contribution in [0.4, 0.5) is 5.69 Å². The molecule has 2 rings (SSSR count). The van der Waals surface area contributed by atoms with Crippen LogP contribution in [0.25, 0.3) is 0 Å². The summed E-state index contributed by atoms with van der Waals surface area (Å²) in [5.74, 6) is 0.423. The van der Waals surface area contributed by atoms with Crippen molar-refractivity contribution < 1.29 is 14.3 Å². The van der Waals surface area contributed by atoms with Gasteiger partial charge in [0.15, 0.2) is 0 Å². The first-order valence-corrected chi connectivity index (χ1v) is 7.53. The number of nitrogens with two attached hydrogens (primary N) is 1. The molecule has 5 heteroatoms. The second-order valence-electron chi connectivity index (χ2n) is 5.38. The lowest BCUT2D eigenvalue weighted by molar-refractivity contribution is 0.0299. The summed E-state index contributed by atoms with van der Waals surface area (Å²) in [7, 11) is 1.55. The van der Waals surface area contributed by atoms with Gasteiger partial charge in [-0.3, -0.25) is 4.79 Å². The molecule has 0 saturated heterocycles. The summed E-state index contributed by atoms with van der Waals surface area (Å²) in [5.41, 5.74) is 6.76. The zero-order valence-electron chi connectivity index (χ0n) is 12.6. The number of ether oxygens (including phenoxy) is 2. The van der Waals surface area contributed by atoms with Crippen LogP contribution in [0.2, 0.25) is 0 Å². The predicted octanol–water partition coefficient (Wildman–Crippen LogP) is 2.36. The lowest BCUT2D eigenvalue weighted by Crippen LogP contribution is -2.29. The van der Waals surface area contributed by atoms with Gasteiger partial charge in [-0.05, 0) is 25.0 Å². The number of benzene rings is 1. The van der Waals surface area contributed by atoms with E-state index in [4.69, 9.17) is 15.2 Å². The van der Waals surface area contributed by atoms with Gasteiger partial charge in [0.1, 0.15) is 5.75 Å². The van der Waals surface area contributed by atoms with Crippen molar-refractivity contribution in [2.75, 3.05) is 26.0 Å². The fourth-order valence-corrected chi connectivity index (χ4v) is 2.60. The van der Waals surface area contributed by atoms with Crippen molar-refractivity contribution in [1.29, 1.82) is 0 Å². The molecule has 1 amide bonds. The van der Waals surface area contributed by atoms with Crippen LogP contribution in [0, 0.1) is 0 Å². The lowest BCUT2D eigenvalue weighted by Gasteiger charge is -2.22. The Kier molecular flexibility index (Phi) is 5.87. The quantitative estimate of drug-likeness (QED) is 0.623. The van der Waals surface area contributed by atoms with Crippen molar-refractivity contribution in [1.82, 2.24) is 5.32 Å². The zero-order valence-corrected chi connectivity index (χ0v) is 12.6. The van der Waals surface area contributed by atoms with E-state index >= 15 is 0 Å². The van der Waals surface area contributed by atoms with Crippen molar-refractivity contribution in [2.24, 2.45) is 0 Å². The normalized spacial score (nSPS) is 15.7. The Morgan fingerprint density at radius 3 is 2.76 bits per heavy atom. The smallest absolute Gasteiger partial charge is 0.251 e. The van der Waals surface area contributed by atoms with Crippen molar-refractivity contribution in [3.05, 3.63) is 23.8 Å². The largest absolute Gasteiger partial charge is 0.497 e. The number of rotatable bonds is 6. The molecule has 0 bridgehead atoms. The summed E-state index contributed by atoms with van der Waals surface area (Å²) < 4.78 is 10.9. The van der Waals surface area contributed by atoms with Crippen LogP contribution in [0.1, 0.15) is 42.5 Å². The standard InChI is InChI=1S/C16H24N2O3/c1-20-15-10-12(9-13(17)11-15)16(19)18-7-8-21-14-5-3-2-4-6-14/h9-11,14H,2-8,17H2,1H3,(H,18,19). The van der Waals surface area contributed by atoms with E-state index in [-0.39, 0.29) is 5.91 Å². The van der Waals surface area contributed by atoms with E-state index in [0.717, 1.165) is 12.8 Å². The Morgan fingerprint density at radius 2 is 2.05 bits per heavy atom. The third-order valence-corrected chi connectivity index (χ3v) is 3.72. The maximum Gasteiger partial charge on any atom is 0.251 e. The summed E-state index contributed by atoms with van der Waals surface area (Å²) in [6.45, 7) is 1.06. The van der Waals surface area contributed by atoms with Gasteiger partial charge in [0.25, 0.3) is 5.91 Å². The Morgan fingerprint density at radius 1 is 1.29 bits per heavy atom. The number of hydrogen-bond acceptors (Lipinski definition) is 4. The van der Waals surface area contributed by atoms with Crippen LogP contribution >= 0.6 is 0 Å².